The zero-order valence-electron chi connectivity index (χ0n) is 18.1. The molecule has 1 aromatic carbocycles. The summed E-state index contributed by atoms with van der Waals surface area (Å²) < 4.78 is 7.75. The monoisotopic (exact) mass is 437 g/mol. The Balaban J connectivity index is 1.70. The number of rotatable bonds is 2. The summed E-state index contributed by atoms with van der Waals surface area (Å²) in [5, 5.41) is 15.7. The standard InChI is InChI=1S/C21H27N9O2/c1-24-15-8-18-26-14-7-11(6-12(22)19(14)29(2)23)10-32-17-5-3-4-13(17)27-21(31)16-9-25-20(15)30(16)28-18/h6-9,13,17,24H,3-5,10,22-23H2,1-2H3,(H,26,28)(H,27,31). The van der Waals surface area contributed by atoms with Crippen LogP contribution in [-0.4, -0.2) is 46.7 Å². The number of anilines is 5. The van der Waals surface area contributed by atoms with Crippen molar-refractivity contribution in [2.75, 3.05) is 35.5 Å². The molecule has 2 atom stereocenters. The number of nitrogen functional groups attached to an aromatic ring is 1. The average molecular weight is 438 g/mol. The van der Waals surface area contributed by atoms with Crippen LogP contribution >= 0.6 is 0 Å². The van der Waals surface area contributed by atoms with Crippen molar-refractivity contribution >= 4 is 40.1 Å². The Labute approximate surface area is 185 Å². The lowest BCUT2D eigenvalue weighted by Crippen LogP contribution is -2.41. The van der Waals surface area contributed by atoms with Gasteiger partial charge in [-0.3, -0.25) is 4.79 Å². The zero-order chi connectivity index (χ0) is 22.4. The highest BCUT2D eigenvalue weighted by Crippen LogP contribution is 2.35. The first kappa shape index (κ1) is 20.3. The summed E-state index contributed by atoms with van der Waals surface area (Å²) >= 11 is 0. The van der Waals surface area contributed by atoms with Gasteiger partial charge in [-0.25, -0.2) is 15.3 Å². The van der Waals surface area contributed by atoms with E-state index < -0.39 is 0 Å². The molecule has 2 aliphatic rings. The van der Waals surface area contributed by atoms with E-state index in [1.807, 2.05) is 18.2 Å². The van der Waals surface area contributed by atoms with Crippen LogP contribution in [0.1, 0.15) is 35.3 Å². The van der Waals surface area contributed by atoms with Gasteiger partial charge in [0.2, 0.25) is 0 Å². The maximum Gasteiger partial charge on any atom is 0.271 e. The number of fused-ring (bicyclic) bond motifs is 4. The summed E-state index contributed by atoms with van der Waals surface area (Å²) in [4.78, 5) is 17.5. The van der Waals surface area contributed by atoms with E-state index in [0.29, 0.717) is 40.8 Å². The predicted molar refractivity (Wildman–Crippen MR) is 123 cm³/mol. The number of hydrogen-bond acceptors (Lipinski definition) is 9. The Kier molecular flexibility index (Phi) is 4.98. The molecule has 2 unspecified atom stereocenters. The van der Waals surface area contributed by atoms with Gasteiger partial charge in [-0.2, -0.15) is 0 Å². The first-order valence-electron chi connectivity index (χ1n) is 10.6. The van der Waals surface area contributed by atoms with Crippen LogP contribution in [0.5, 0.6) is 0 Å². The number of ether oxygens (including phenoxy) is 1. The number of aromatic nitrogens is 3. The molecule has 0 saturated heterocycles. The van der Waals surface area contributed by atoms with Gasteiger partial charge >= 0.3 is 0 Å². The van der Waals surface area contributed by atoms with Gasteiger partial charge in [-0.05, 0) is 37.0 Å². The summed E-state index contributed by atoms with van der Waals surface area (Å²) in [5.74, 6) is 6.35. The van der Waals surface area contributed by atoms with E-state index in [1.165, 1.54) is 11.2 Å². The highest BCUT2D eigenvalue weighted by atomic mass is 16.5. The normalized spacial score (nSPS) is 20.4. The lowest BCUT2D eigenvalue weighted by molar-refractivity contribution is 0.0271. The number of benzene rings is 1. The number of nitrogens with one attached hydrogen (secondary N) is 3. The van der Waals surface area contributed by atoms with Gasteiger partial charge in [0.1, 0.15) is 0 Å². The van der Waals surface area contributed by atoms with Crippen molar-refractivity contribution in [3.05, 3.63) is 35.7 Å². The molecule has 168 valence electrons. The topological polar surface area (TPSA) is 148 Å². The number of hydrogen-bond donors (Lipinski definition) is 5. The maximum absolute atomic E-state index is 13.1. The van der Waals surface area contributed by atoms with Gasteiger partial charge in [-0.15, -0.1) is 5.10 Å². The summed E-state index contributed by atoms with van der Waals surface area (Å²) in [7, 11) is 3.52. The fourth-order valence-corrected chi connectivity index (χ4v) is 4.53. The SMILES string of the molecule is CNc1cc2nn3c(cnc13)C(=O)NC1CCCC1OCc1cc(N)c(N(C)N)c(c1)N2. The summed E-state index contributed by atoms with van der Waals surface area (Å²) in [6, 6.07) is 5.57. The Morgan fingerprint density at radius 2 is 2.16 bits per heavy atom. The van der Waals surface area contributed by atoms with Gasteiger partial charge in [0.15, 0.2) is 17.2 Å². The molecule has 1 aliphatic heterocycles. The molecule has 1 fully saturated rings. The minimum absolute atomic E-state index is 0.0765. The molecule has 1 aliphatic carbocycles. The first-order valence-corrected chi connectivity index (χ1v) is 10.6. The van der Waals surface area contributed by atoms with E-state index in [4.69, 9.17) is 16.3 Å². The molecular weight excluding hydrogens is 410 g/mol. The molecular formula is C21H27N9O2. The second kappa shape index (κ2) is 7.84. The molecule has 1 amide bonds. The fraction of sp³-hybridized carbons (Fsp3) is 0.381. The second-order valence-electron chi connectivity index (χ2n) is 8.25. The van der Waals surface area contributed by atoms with Crippen LogP contribution in [-0.2, 0) is 11.3 Å². The fourth-order valence-electron chi connectivity index (χ4n) is 4.53. The Morgan fingerprint density at radius 3 is 2.94 bits per heavy atom. The van der Waals surface area contributed by atoms with Crippen LogP contribution in [0.25, 0.3) is 5.65 Å². The lowest BCUT2D eigenvalue weighted by Gasteiger charge is -2.24. The Bertz CT molecular complexity index is 1190. The molecule has 0 spiro atoms. The van der Waals surface area contributed by atoms with Crippen molar-refractivity contribution in [1.82, 2.24) is 19.9 Å². The number of nitrogens with zero attached hydrogens (tertiary/aromatic N) is 4. The van der Waals surface area contributed by atoms with Crippen LogP contribution in [0.3, 0.4) is 0 Å². The highest BCUT2D eigenvalue weighted by Gasteiger charge is 2.31. The molecule has 11 nitrogen and oxygen atoms in total. The molecule has 1 saturated carbocycles. The summed E-state index contributed by atoms with van der Waals surface area (Å²) in [6.07, 6.45) is 4.19. The van der Waals surface area contributed by atoms with Crippen LogP contribution in [0.2, 0.25) is 0 Å². The number of imidazole rings is 1. The smallest absolute Gasteiger partial charge is 0.271 e. The zero-order valence-corrected chi connectivity index (χ0v) is 18.1. The quantitative estimate of drug-likeness (QED) is 0.229. The largest absolute Gasteiger partial charge is 0.397 e. The first-order chi connectivity index (χ1) is 15.4. The van der Waals surface area contributed by atoms with Gasteiger partial charge in [0, 0.05) is 20.2 Å². The Hall–Kier alpha value is -3.57. The average Bonchev–Trinajstić information content (AvgIpc) is 3.37. The molecule has 32 heavy (non-hydrogen) atoms. The summed E-state index contributed by atoms with van der Waals surface area (Å²) in [5.41, 5.74) is 10.7. The predicted octanol–water partition coefficient (Wildman–Crippen LogP) is 1.59. The van der Waals surface area contributed by atoms with Crippen molar-refractivity contribution in [3.63, 3.8) is 0 Å². The maximum atomic E-state index is 13.1. The lowest BCUT2D eigenvalue weighted by atomic mass is 10.1. The molecule has 3 aromatic rings. The number of hydrazine groups is 1. The third-order valence-electron chi connectivity index (χ3n) is 6.02. The van der Waals surface area contributed by atoms with Crippen molar-refractivity contribution in [2.45, 2.75) is 38.0 Å². The van der Waals surface area contributed by atoms with Gasteiger partial charge in [0.25, 0.3) is 5.91 Å². The van der Waals surface area contributed by atoms with Crippen molar-refractivity contribution in [2.24, 2.45) is 5.84 Å². The van der Waals surface area contributed by atoms with Crippen molar-refractivity contribution in [1.29, 1.82) is 0 Å². The molecule has 5 rings (SSSR count). The number of carbonyl (C=O) groups excluding carboxylic acids is 1. The number of nitrogens with two attached hydrogens (primary N) is 2. The van der Waals surface area contributed by atoms with Crippen LogP contribution in [0.4, 0.5) is 28.6 Å². The van der Waals surface area contributed by atoms with Crippen LogP contribution in [0, 0.1) is 0 Å². The van der Waals surface area contributed by atoms with E-state index >= 15 is 0 Å². The van der Waals surface area contributed by atoms with Gasteiger partial charge in [-0.1, -0.05) is 0 Å². The van der Waals surface area contributed by atoms with E-state index in [-0.39, 0.29) is 18.1 Å². The number of carbonyl (C=O) groups is 1. The van der Waals surface area contributed by atoms with Gasteiger partial charge in [0.05, 0.1) is 47.7 Å². The van der Waals surface area contributed by atoms with E-state index in [1.54, 1.807) is 18.6 Å². The van der Waals surface area contributed by atoms with E-state index in [2.05, 4.69) is 26.0 Å². The second-order valence-corrected chi connectivity index (χ2v) is 8.25. The minimum atomic E-state index is -0.230. The van der Waals surface area contributed by atoms with Crippen LogP contribution in [0.15, 0.2) is 24.4 Å². The van der Waals surface area contributed by atoms with Crippen LogP contribution < -0.4 is 32.5 Å². The Morgan fingerprint density at radius 1 is 1.31 bits per heavy atom. The molecule has 3 heterocycles. The minimum Gasteiger partial charge on any atom is -0.397 e. The third-order valence-corrected chi connectivity index (χ3v) is 6.02. The molecule has 7 N–H and O–H groups in total. The molecule has 4 bridgehead atoms. The van der Waals surface area contributed by atoms with E-state index in [0.717, 1.165) is 30.5 Å². The number of amides is 1. The highest BCUT2D eigenvalue weighted by molar-refractivity contribution is 5.94. The molecule has 2 aromatic heterocycles. The molecule has 11 heteroatoms. The molecule has 0 radical (unpaired) electrons. The summed E-state index contributed by atoms with van der Waals surface area (Å²) in [6.45, 7) is 0.372. The van der Waals surface area contributed by atoms with Crippen molar-refractivity contribution in [3.8, 4) is 0 Å². The van der Waals surface area contributed by atoms with E-state index in [9.17, 15) is 4.79 Å². The third kappa shape index (κ3) is 3.45. The van der Waals surface area contributed by atoms with Gasteiger partial charge < -0.3 is 31.4 Å². The van der Waals surface area contributed by atoms with Crippen molar-refractivity contribution < 1.29 is 9.53 Å².